The summed E-state index contributed by atoms with van der Waals surface area (Å²) in [5.74, 6) is 0.984. The second-order valence-corrected chi connectivity index (χ2v) is 3.69. The predicted octanol–water partition coefficient (Wildman–Crippen LogP) is 2.07. The number of anilines is 1. The highest BCUT2D eigenvalue weighted by Gasteiger charge is 2.13. The second-order valence-electron chi connectivity index (χ2n) is 3.69. The fourth-order valence-corrected chi connectivity index (χ4v) is 1.52. The highest BCUT2D eigenvalue weighted by molar-refractivity contribution is 5.78. The van der Waals surface area contributed by atoms with Crippen molar-refractivity contribution in [3.05, 3.63) is 18.2 Å². The highest BCUT2D eigenvalue weighted by Crippen LogP contribution is 2.30. The van der Waals surface area contributed by atoms with Gasteiger partial charge in [-0.05, 0) is 26.0 Å². The Balaban J connectivity index is 2.82. The molecule has 5 heteroatoms. The van der Waals surface area contributed by atoms with Crippen LogP contribution in [0.4, 0.5) is 5.69 Å². The number of nitrogens with one attached hydrogen (secondary N) is 1. The molecule has 0 aliphatic rings. The Labute approximate surface area is 107 Å². The Kier molecular flexibility index (Phi) is 5.30. The van der Waals surface area contributed by atoms with Crippen molar-refractivity contribution in [1.82, 2.24) is 0 Å². The van der Waals surface area contributed by atoms with Crippen LogP contribution >= 0.6 is 0 Å². The van der Waals surface area contributed by atoms with Gasteiger partial charge >= 0.3 is 5.97 Å². The summed E-state index contributed by atoms with van der Waals surface area (Å²) < 4.78 is 15.3. The first-order valence-electron chi connectivity index (χ1n) is 5.77. The summed E-state index contributed by atoms with van der Waals surface area (Å²) in [6.07, 6.45) is 0. The average molecular weight is 253 g/mol. The molecule has 0 bridgehead atoms. The lowest BCUT2D eigenvalue weighted by Gasteiger charge is -2.15. The van der Waals surface area contributed by atoms with E-state index in [1.807, 2.05) is 13.0 Å². The van der Waals surface area contributed by atoms with E-state index in [1.165, 1.54) is 7.11 Å². The molecular weight excluding hydrogens is 234 g/mol. The van der Waals surface area contributed by atoms with E-state index in [0.29, 0.717) is 18.1 Å². The monoisotopic (exact) mass is 253 g/mol. The van der Waals surface area contributed by atoms with Gasteiger partial charge in [-0.2, -0.15) is 0 Å². The lowest BCUT2D eigenvalue weighted by atomic mass is 10.2. The maximum Gasteiger partial charge on any atom is 0.327 e. The maximum atomic E-state index is 11.3. The topological polar surface area (TPSA) is 56.8 Å². The smallest absolute Gasteiger partial charge is 0.327 e. The minimum absolute atomic E-state index is 0.317. The molecule has 1 aromatic rings. The van der Waals surface area contributed by atoms with Gasteiger partial charge in [0.05, 0.1) is 20.8 Å². The van der Waals surface area contributed by atoms with E-state index < -0.39 is 6.04 Å². The van der Waals surface area contributed by atoms with Gasteiger partial charge in [0, 0.05) is 11.8 Å². The zero-order chi connectivity index (χ0) is 13.5. The van der Waals surface area contributed by atoms with E-state index >= 15 is 0 Å². The molecule has 1 N–H and O–H groups in total. The van der Waals surface area contributed by atoms with Crippen LogP contribution in [-0.4, -0.2) is 32.8 Å². The summed E-state index contributed by atoms with van der Waals surface area (Å²) in [6.45, 7) is 4.21. The fraction of sp³-hybridized carbons (Fsp3) is 0.462. The Bertz CT molecular complexity index is 406. The third-order valence-corrected chi connectivity index (χ3v) is 2.40. The van der Waals surface area contributed by atoms with Gasteiger partial charge in [0.15, 0.2) is 11.5 Å². The zero-order valence-electron chi connectivity index (χ0n) is 11.1. The van der Waals surface area contributed by atoms with Gasteiger partial charge in [0.1, 0.15) is 6.04 Å². The van der Waals surface area contributed by atoms with Crippen LogP contribution in [0.15, 0.2) is 18.2 Å². The zero-order valence-corrected chi connectivity index (χ0v) is 11.1. The van der Waals surface area contributed by atoms with Crippen molar-refractivity contribution in [2.45, 2.75) is 19.9 Å². The summed E-state index contributed by atoms with van der Waals surface area (Å²) in [6, 6.07) is 4.99. The molecule has 0 heterocycles. The largest absolute Gasteiger partial charge is 0.493 e. The average Bonchev–Trinajstić information content (AvgIpc) is 2.39. The van der Waals surface area contributed by atoms with E-state index in [2.05, 4.69) is 10.1 Å². The summed E-state index contributed by atoms with van der Waals surface area (Å²) in [7, 11) is 2.94. The molecule has 5 nitrogen and oxygen atoms in total. The molecule has 0 fully saturated rings. The van der Waals surface area contributed by atoms with Gasteiger partial charge in [-0.3, -0.25) is 0 Å². The van der Waals surface area contributed by atoms with Crippen molar-refractivity contribution in [1.29, 1.82) is 0 Å². The number of carbonyl (C=O) groups is 1. The van der Waals surface area contributed by atoms with Crippen molar-refractivity contribution in [3.63, 3.8) is 0 Å². The third kappa shape index (κ3) is 3.55. The molecule has 1 aromatic carbocycles. The number of hydrogen-bond acceptors (Lipinski definition) is 5. The molecule has 0 aliphatic carbocycles. The van der Waals surface area contributed by atoms with Gasteiger partial charge in [0.2, 0.25) is 0 Å². The minimum atomic E-state index is -0.419. The number of ether oxygens (including phenoxy) is 3. The van der Waals surface area contributed by atoms with Crippen molar-refractivity contribution in [2.24, 2.45) is 0 Å². The van der Waals surface area contributed by atoms with Crippen LogP contribution in [0.1, 0.15) is 13.8 Å². The molecule has 0 saturated heterocycles. The third-order valence-electron chi connectivity index (χ3n) is 2.40. The quantitative estimate of drug-likeness (QED) is 0.786. The normalized spacial score (nSPS) is 11.6. The maximum absolute atomic E-state index is 11.3. The Morgan fingerprint density at radius 2 is 2.06 bits per heavy atom. The first-order chi connectivity index (χ1) is 8.62. The number of carbonyl (C=O) groups excluding carboxylic acids is 1. The predicted molar refractivity (Wildman–Crippen MR) is 69.3 cm³/mol. The Morgan fingerprint density at radius 1 is 1.33 bits per heavy atom. The van der Waals surface area contributed by atoms with Crippen LogP contribution in [0.25, 0.3) is 0 Å². The van der Waals surface area contributed by atoms with E-state index in [-0.39, 0.29) is 5.97 Å². The summed E-state index contributed by atoms with van der Waals surface area (Å²) in [5, 5.41) is 3.03. The van der Waals surface area contributed by atoms with E-state index in [1.54, 1.807) is 26.2 Å². The minimum Gasteiger partial charge on any atom is -0.493 e. The van der Waals surface area contributed by atoms with Crippen LogP contribution in [0.3, 0.4) is 0 Å². The van der Waals surface area contributed by atoms with Crippen molar-refractivity contribution in [2.75, 3.05) is 26.1 Å². The van der Waals surface area contributed by atoms with Crippen LogP contribution in [0.2, 0.25) is 0 Å². The molecule has 0 spiro atoms. The molecule has 0 amide bonds. The first kappa shape index (κ1) is 14.2. The van der Waals surface area contributed by atoms with Crippen LogP contribution in [0, 0.1) is 0 Å². The van der Waals surface area contributed by atoms with Crippen molar-refractivity contribution >= 4 is 11.7 Å². The van der Waals surface area contributed by atoms with E-state index in [9.17, 15) is 4.79 Å². The molecule has 0 unspecified atom stereocenters. The number of methoxy groups -OCH3 is 2. The first-order valence-corrected chi connectivity index (χ1v) is 5.77. The van der Waals surface area contributed by atoms with Crippen molar-refractivity contribution < 1.29 is 19.0 Å². The van der Waals surface area contributed by atoms with E-state index in [4.69, 9.17) is 9.47 Å². The molecule has 1 rings (SSSR count). The van der Waals surface area contributed by atoms with Crippen molar-refractivity contribution in [3.8, 4) is 11.5 Å². The molecule has 18 heavy (non-hydrogen) atoms. The summed E-state index contributed by atoms with van der Waals surface area (Å²) in [5.41, 5.74) is 0.771. The Morgan fingerprint density at radius 3 is 2.61 bits per heavy atom. The number of esters is 1. The molecular formula is C13H19NO4. The number of hydrogen-bond donors (Lipinski definition) is 1. The van der Waals surface area contributed by atoms with Gasteiger partial charge in [-0.25, -0.2) is 4.79 Å². The number of rotatable bonds is 6. The van der Waals surface area contributed by atoms with Gasteiger partial charge < -0.3 is 19.5 Å². The lowest BCUT2D eigenvalue weighted by Crippen LogP contribution is -2.27. The Hall–Kier alpha value is -1.91. The molecule has 0 saturated carbocycles. The van der Waals surface area contributed by atoms with Gasteiger partial charge in [0.25, 0.3) is 0 Å². The van der Waals surface area contributed by atoms with Crippen LogP contribution in [-0.2, 0) is 9.53 Å². The lowest BCUT2D eigenvalue weighted by molar-refractivity contribution is -0.141. The molecule has 1 atom stereocenters. The van der Waals surface area contributed by atoms with Gasteiger partial charge in [-0.1, -0.05) is 0 Å². The second kappa shape index (κ2) is 6.74. The summed E-state index contributed by atoms with van der Waals surface area (Å²) >= 11 is 0. The number of benzene rings is 1. The fourth-order valence-electron chi connectivity index (χ4n) is 1.52. The van der Waals surface area contributed by atoms with Crippen LogP contribution in [0.5, 0.6) is 11.5 Å². The standard InChI is InChI=1S/C13H19NO4/c1-5-18-11-7-6-10(8-12(11)16-3)14-9(2)13(15)17-4/h6-9,14H,5H2,1-4H3/t9-/m0/s1. The van der Waals surface area contributed by atoms with Gasteiger partial charge in [-0.15, -0.1) is 0 Å². The molecule has 0 aromatic heterocycles. The van der Waals surface area contributed by atoms with E-state index in [0.717, 1.165) is 5.69 Å². The molecule has 100 valence electrons. The summed E-state index contributed by atoms with van der Waals surface area (Å²) in [4.78, 5) is 11.3. The molecule has 0 aliphatic heterocycles. The van der Waals surface area contributed by atoms with Crippen LogP contribution < -0.4 is 14.8 Å². The highest BCUT2D eigenvalue weighted by atomic mass is 16.5. The molecule has 0 radical (unpaired) electrons. The SMILES string of the molecule is CCOc1ccc(N[C@@H](C)C(=O)OC)cc1OC.